The van der Waals surface area contributed by atoms with Gasteiger partial charge in [0.25, 0.3) is 5.91 Å². The number of nitrogens with zero attached hydrogens (tertiary/aromatic N) is 2. The Morgan fingerprint density at radius 3 is 2.91 bits per heavy atom. The minimum Gasteiger partial charge on any atom is -0.462 e. The molecule has 1 aromatic heterocycles. The maximum absolute atomic E-state index is 13.4. The fourth-order valence-corrected chi connectivity index (χ4v) is 4.70. The molecule has 1 saturated heterocycles. The number of aromatic nitrogens is 2. The van der Waals surface area contributed by atoms with Crippen LogP contribution in [0.4, 0.5) is 4.39 Å². The minimum atomic E-state index is -0.659. The van der Waals surface area contributed by atoms with Crippen molar-refractivity contribution in [2.75, 3.05) is 26.4 Å². The number of esters is 1. The van der Waals surface area contributed by atoms with E-state index in [0.717, 1.165) is 36.6 Å². The molecule has 1 amide bonds. The SMILES string of the molecule is CCn1nc(CCCOC(=O)c2cc(F)ccc2Cl)c2c1C(=O)NCC1(CCOCC1)C2. The first kappa shape index (κ1) is 22.7. The Hall–Kier alpha value is -2.45. The molecule has 0 atom stereocenters. The number of ether oxygens (including phenoxy) is 2. The highest BCUT2D eigenvalue weighted by Gasteiger charge is 2.39. The van der Waals surface area contributed by atoms with Crippen molar-refractivity contribution in [1.29, 1.82) is 0 Å². The van der Waals surface area contributed by atoms with Gasteiger partial charge in [-0.1, -0.05) is 11.6 Å². The number of hydrogen-bond donors (Lipinski definition) is 1. The van der Waals surface area contributed by atoms with Crippen LogP contribution in [0.25, 0.3) is 0 Å². The molecule has 0 saturated carbocycles. The van der Waals surface area contributed by atoms with E-state index in [2.05, 4.69) is 5.32 Å². The first-order chi connectivity index (χ1) is 15.4. The molecular formula is C23H27ClFN3O4. The van der Waals surface area contributed by atoms with Crippen LogP contribution in [-0.4, -0.2) is 48.0 Å². The van der Waals surface area contributed by atoms with Gasteiger partial charge in [0.15, 0.2) is 0 Å². The lowest BCUT2D eigenvalue weighted by Gasteiger charge is -2.36. The van der Waals surface area contributed by atoms with Crippen molar-refractivity contribution in [2.45, 2.75) is 45.6 Å². The smallest absolute Gasteiger partial charge is 0.339 e. The molecule has 1 fully saturated rings. The normalized spacial score (nSPS) is 17.5. The highest BCUT2D eigenvalue weighted by molar-refractivity contribution is 6.33. The van der Waals surface area contributed by atoms with Gasteiger partial charge in [0, 0.05) is 31.9 Å². The Morgan fingerprint density at radius 2 is 2.16 bits per heavy atom. The van der Waals surface area contributed by atoms with Gasteiger partial charge < -0.3 is 14.8 Å². The van der Waals surface area contributed by atoms with Crippen LogP contribution in [0.1, 0.15) is 58.3 Å². The molecule has 4 rings (SSSR count). The van der Waals surface area contributed by atoms with Gasteiger partial charge in [-0.25, -0.2) is 9.18 Å². The number of benzene rings is 1. The Labute approximate surface area is 191 Å². The minimum absolute atomic E-state index is 0.00826. The van der Waals surface area contributed by atoms with E-state index in [1.807, 2.05) is 6.92 Å². The highest BCUT2D eigenvalue weighted by Crippen LogP contribution is 2.37. The molecule has 1 N–H and O–H groups in total. The van der Waals surface area contributed by atoms with E-state index in [4.69, 9.17) is 26.2 Å². The van der Waals surface area contributed by atoms with E-state index in [1.165, 1.54) is 12.1 Å². The molecule has 3 heterocycles. The fraction of sp³-hybridized carbons (Fsp3) is 0.522. The standard InChI is InChI=1S/C23H27ClFN3O4/c1-2-28-20-17(13-23(14-26-21(20)29)7-10-31-11-8-23)19(27-28)4-3-9-32-22(30)16-12-15(25)5-6-18(16)24/h5-6,12H,2-4,7-11,13-14H2,1H3,(H,26,29). The van der Waals surface area contributed by atoms with Crippen LogP contribution in [0.2, 0.25) is 5.02 Å². The summed E-state index contributed by atoms with van der Waals surface area (Å²) in [5, 5.41) is 7.94. The van der Waals surface area contributed by atoms with Crippen molar-refractivity contribution in [3.05, 3.63) is 51.6 Å². The highest BCUT2D eigenvalue weighted by atomic mass is 35.5. The Kier molecular flexibility index (Phi) is 6.81. The molecule has 7 nitrogen and oxygen atoms in total. The van der Waals surface area contributed by atoms with Gasteiger partial charge in [-0.3, -0.25) is 9.48 Å². The summed E-state index contributed by atoms with van der Waals surface area (Å²) >= 11 is 5.97. The summed E-state index contributed by atoms with van der Waals surface area (Å²) in [6, 6.07) is 3.59. The molecular weight excluding hydrogens is 437 g/mol. The topological polar surface area (TPSA) is 82.5 Å². The van der Waals surface area contributed by atoms with Crippen molar-refractivity contribution in [2.24, 2.45) is 5.41 Å². The number of fused-ring (bicyclic) bond motifs is 1. The number of aryl methyl sites for hydroxylation is 2. The second-order valence-electron chi connectivity index (χ2n) is 8.43. The molecule has 1 aromatic carbocycles. The van der Waals surface area contributed by atoms with Crippen LogP contribution < -0.4 is 5.32 Å². The number of halogens is 2. The number of carbonyl (C=O) groups excluding carboxylic acids is 2. The molecule has 32 heavy (non-hydrogen) atoms. The molecule has 0 aliphatic carbocycles. The van der Waals surface area contributed by atoms with Gasteiger partial charge in [0.2, 0.25) is 0 Å². The third-order valence-corrected chi connectivity index (χ3v) is 6.65. The van der Waals surface area contributed by atoms with E-state index in [0.29, 0.717) is 44.8 Å². The van der Waals surface area contributed by atoms with Gasteiger partial charge >= 0.3 is 5.97 Å². The third-order valence-electron chi connectivity index (χ3n) is 6.32. The van der Waals surface area contributed by atoms with Crippen LogP contribution in [0.15, 0.2) is 18.2 Å². The van der Waals surface area contributed by atoms with Crippen LogP contribution in [0.5, 0.6) is 0 Å². The summed E-state index contributed by atoms with van der Waals surface area (Å²) in [7, 11) is 0. The maximum atomic E-state index is 13.4. The summed E-state index contributed by atoms with van der Waals surface area (Å²) < 4.78 is 26.0. The van der Waals surface area contributed by atoms with Crippen LogP contribution in [0, 0.1) is 11.2 Å². The van der Waals surface area contributed by atoms with Crippen LogP contribution in [0.3, 0.4) is 0 Å². The van der Waals surface area contributed by atoms with Crippen LogP contribution >= 0.6 is 11.6 Å². The van der Waals surface area contributed by atoms with Gasteiger partial charge in [0.05, 0.1) is 22.9 Å². The largest absolute Gasteiger partial charge is 0.462 e. The van der Waals surface area contributed by atoms with Crippen molar-refractivity contribution in [1.82, 2.24) is 15.1 Å². The summed E-state index contributed by atoms with van der Waals surface area (Å²) in [6.07, 6.45) is 3.67. The van der Waals surface area contributed by atoms with Gasteiger partial charge in [0.1, 0.15) is 11.5 Å². The lowest BCUT2D eigenvalue weighted by Crippen LogP contribution is -2.40. The van der Waals surface area contributed by atoms with Crippen molar-refractivity contribution < 1.29 is 23.5 Å². The molecule has 2 aromatic rings. The maximum Gasteiger partial charge on any atom is 0.339 e. The number of rotatable bonds is 6. The van der Waals surface area contributed by atoms with Crippen molar-refractivity contribution >= 4 is 23.5 Å². The van der Waals surface area contributed by atoms with E-state index >= 15 is 0 Å². The molecule has 0 bridgehead atoms. The van der Waals surface area contributed by atoms with Gasteiger partial charge in [-0.2, -0.15) is 5.10 Å². The fourth-order valence-electron chi connectivity index (χ4n) is 4.50. The van der Waals surface area contributed by atoms with E-state index in [1.54, 1.807) is 4.68 Å². The molecule has 0 unspecified atom stereocenters. The summed E-state index contributed by atoms with van der Waals surface area (Å²) in [6.45, 7) is 4.73. The summed E-state index contributed by atoms with van der Waals surface area (Å²) in [5.41, 5.74) is 2.48. The van der Waals surface area contributed by atoms with Crippen LogP contribution in [-0.2, 0) is 28.9 Å². The predicted octanol–water partition coefficient (Wildman–Crippen LogP) is 3.57. The molecule has 2 aliphatic heterocycles. The third kappa shape index (κ3) is 4.66. The zero-order valence-corrected chi connectivity index (χ0v) is 18.8. The number of amides is 1. The summed E-state index contributed by atoms with van der Waals surface area (Å²) in [4.78, 5) is 25.1. The van der Waals surface area contributed by atoms with E-state index < -0.39 is 11.8 Å². The Balaban J connectivity index is 1.46. The Bertz CT molecular complexity index is 1020. The average Bonchev–Trinajstić information content (AvgIpc) is 3.07. The van der Waals surface area contributed by atoms with Gasteiger partial charge in [-0.15, -0.1) is 0 Å². The molecule has 2 aliphatic rings. The first-order valence-electron chi connectivity index (χ1n) is 11.0. The quantitative estimate of drug-likeness (QED) is 0.523. The lowest BCUT2D eigenvalue weighted by molar-refractivity contribution is 0.0160. The molecule has 172 valence electrons. The van der Waals surface area contributed by atoms with Crippen molar-refractivity contribution in [3.8, 4) is 0 Å². The van der Waals surface area contributed by atoms with E-state index in [-0.39, 0.29) is 28.5 Å². The van der Waals surface area contributed by atoms with E-state index in [9.17, 15) is 14.0 Å². The zero-order valence-electron chi connectivity index (χ0n) is 18.1. The average molecular weight is 464 g/mol. The monoisotopic (exact) mass is 463 g/mol. The van der Waals surface area contributed by atoms with Crippen molar-refractivity contribution in [3.63, 3.8) is 0 Å². The first-order valence-corrected chi connectivity index (χ1v) is 11.4. The predicted molar refractivity (Wildman–Crippen MR) is 116 cm³/mol. The zero-order chi connectivity index (χ0) is 22.7. The summed E-state index contributed by atoms with van der Waals surface area (Å²) in [5.74, 6) is -1.29. The molecule has 0 radical (unpaired) electrons. The second-order valence-corrected chi connectivity index (χ2v) is 8.83. The number of carbonyl (C=O) groups is 2. The second kappa shape index (κ2) is 9.58. The molecule has 1 spiro atoms. The van der Waals surface area contributed by atoms with Gasteiger partial charge in [-0.05, 0) is 62.6 Å². The molecule has 9 heteroatoms. The Morgan fingerprint density at radius 1 is 1.38 bits per heavy atom. The number of hydrogen-bond acceptors (Lipinski definition) is 5. The number of nitrogens with one attached hydrogen (secondary N) is 1. The lowest BCUT2D eigenvalue weighted by atomic mass is 9.75.